The third kappa shape index (κ3) is 3.44. The molecule has 3 heteroatoms. The summed E-state index contributed by atoms with van der Waals surface area (Å²) in [4.78, 5) is 2.63. The van der Waals surface area contributed by atoms with Gasteiger partial charge in [0.15, 0.2) is 0 Å². The largest absolute Gasteiger partial charge is 0.379 e. The van der Waals surface area contributed by atoms with Gasteiger partial charge < -0.3 is 15.0 Å². The molecule has 0 saturated carbocycles. The summed E-state index contributed by atoms with van der Waals surface area (Å²) in [5, 5.41) is 3.53. The predicted molar refractivity (Wildman–Crippen MR) is 66.6 cm³/mol. The van der Waals surface area contributed by atoms with E-state index in [0.29, 0.717) is 6.04 Å². The third-order valence-electron chi connectivity index (χ3n) is 4.04. The summed E-state index contributed by atoms with van der Waals surface area (Å²) in [5.41, 5.74) is 0. The van der Waals surface area contributed by atoms with Gasteiger partial charge in [0.25, 0.3) is 0 Å². The molecule has 2 rings (SSSR count). The second-order valence-corrected chi connectivity index (χ2v) is 5.61. The zero-order chi connectivity index (χ0) is 11.4. The Labute approximate surface area is 99.5 Å². The first-order chi connectivity index (χ1) is 7.75. The standard InChI is InChI=1S/C13H26N2O/c1-11(2)12-3-6-15(9-12)7-4-13-10-16-8-5-14-13/h11-14H,3-10H2,1-2H3. The summed E-state index contributed by atoms with van der Waals surface area (Å²) in [5.74, 6) is 1.77. The fourth-order valence-electron chi connectivity index (χ4n) is 2.75. The Balaban J connectivity index is 1.63. The van der Waals surface area contributed by atoms with E-state index < -0.39 is 0 Å². The molecule has 16 heavy (non-hydrogen) atoms. The quantitative estimate of drug-likeness (QED) is 0.783. The molecule has 2 saturated heterocycles. The van der Waals surface area contributed by atoms with Gasteiger partial charge in [-0.2, -0.15) is 0 Å². The van der Waals surface area contributed by atoms with E-state index in [9.17, 15) is 0 Å². The first-order valence-electron chi connectivity index (χ1n) is 6.79. The summed E-state index contributed by atoms with van der Waals surface area (Å²) < 4.78 is 5.48. The van der Waals surface area contributed by atoms with Crippen LogP contribution < -0.4 is 5.32 Å². The molecule has 0 radical (unpaired) electrons. The molecule has 0 aromatic carbocycles. The molecular formula is C13H26N2O. The van der Waals surface area contributed by atoms with E-state index in [1.54, 1.807) is 0 Å². The number of hydrogen-bond acceptors (Lipinski definition) is 3. The Kier molecular flexibility index (Phi) is 4.62. The van der Waals surface area contributed by atoms with Gasteiger partial charge in [0.1, 0.15) is 0 Å². The van der Waals surface area contributed by atoms with Crippen LogP contribution in [0, 0.1) is 11.8 Å². The SMILES string of the molecule is CC(C)C1CCN(CCC2COCCN2)C1. The number of nitrogens with zero attached hydrogens (tertiary/aromatic N) is 1. The van der Waals surface area contributed by atoms with E-state index in [0.717, 1.165) is 31.6 Å². The fourth-order valence-corrected chi connectivity index (χ4v) is 2.75. The molecule has 2 atom stereocenters. The molecule has 0 aromatic heterocycles. The Hall–Kier alpha value is -0.120. The lowest BCUT2D eigenvalue weighted by atomic mass is 9.95. The highest BCUT2D eigenvalue weighted by molar-refractivity contribution is 4.79. The molecule has 1 N–H and O–H groups in total. The van der Waals surface area contributed by atoms with Crippen LogP contribution in [0.3, 0.4) is 0 Å². The van der Waals surface area contributed by atoms with Gasteiger partial charge in [-0.3, -0.25) is 0 Å². The van der Waals surface area contributed by atoms with Crippen LogP contribution in [0.4, 0.5) is 0 Å². The third-order valence-corrected chi connectivity index (χ3v) is 4.04. The molecule has 2 heterocycles. The normalized spacial score (nSPS) is 32.4. The van der Waals surface area contributed by atoms with Crippen LogP contribution in [0.1, 0.15) is 26.7 Å². The number of nitrogens with one attached hydrogen (secondary N) is 1. The highest BCUT2D eigenvalue weighted by Gasteiger charge is 2.25. The van der Waals surface area contributed by atoms with E-state index in [-0.39, 0.29) is 0 Å². The Bertz CT molecular complexity index is 202. The molecule has 94 valence electrons. The van der Waals surface area contributed by atoms with Gasteiger partial charge in [0.05, 0.1) is 13.2 Å². The van der Waals surface area contributed by atoms with Crippen molar-refractivity contribution in [3.05, 3.63) is 0 Å². The maximum Gasteiger partial charge on any atom is 0.0620 e. The zero-order valence-electron chi connectivity index (χ0n) is 10.7. The Morgan fingerprint density at radius 2 is 2.31 bits per heavy atom. The van der Waals surface area contributed by atoms with Gasteiger partial charge in [0, 0.05) is 19.1 Å². The number of morpholine rings is 1. The molecule has 3 nitrogen and oxygen atoms in total. The minimum Gasteiger partial charge on any atom is -0.379 e. The zero-order valence-corrected chi connectivity index (χ0v) is 10.7. The van der Waals surface area contributed by atoms with Crippen molar-refractivity contribution in [1.82, 2.24) is 10.2 Å². The van der Waals surface area contributed by atoms with Crippen molar-refractivity contribution >= 4 is 0 Å². The first-order valence-corrected chi connectivity index (χ1v) is 6.79. The van der Waals surface area contributed by atoms with Crippen molar-refractivity contribution in [2.45, 2.75) is 32.7 Å². The van der Waals surface area contributed by atoms with Crippen LogP contribution in [-0.4, -0.2) is 50.3 Å². The summed E-state index contributed by atoms with van der Waals surface area (Å²) >= 11 is 0. The second kappa shape index (κ2) is 5.99. The average Bonchev–Trinajstić information content (AvgIpc) is 2.76. The molecule has 0 aromatic rings. The minimum absolute atomic E-state index is 0.590. The lowest BCUT2D eigenvalue weighted by molar-refractivity contribution is 0.0707. The van der Waals surface area contributed by atoms with Crippen LogP contribution in [0.15, 0.2) is 0 Å². The molecule has 0 aliphatic carbocycles. The van der Waals surface area contributed by atoms with E-state index in [1.807, 2.05) is 0 Å². The average molecular weight is 226 g/mol. The molecule has 0 spiro atoms. The molecule has 2 aliphatic rings. The van der Waals surface area contributed by atoms with Gasteiger partial charge in [0.2, 0.25) is 0 Å². The van der Waals surface area contributed by atoms with Gasteiger partial charge in [-0.25, -0.2) is 0 Å². The van der Waals surface area contributed by atoms with Crippen molar-refractivity contribution < 1.29 is 4.74 Å². The van der Waals surface area contributed by atoms with Crippen LogP contribution in [0.25, 0.3) is 0 Å². The van der Waals surface area contributed by atoms with Crippen LogP contribution in [0.5, 0.6) is 0 Å². The summed E-state index contributed by atoms with van der Waals surface area (Å²) in [6.45, 7) is 11.4. The molecule has 2 fully saturated rings. The highest BCUT2D eigenvalue weighted by atomic mass is 16.5. The predicted octanol–water partition coefficient (Wildman–Crippen LogP) is 1.34. The summed E-state index contributed by atoms with van der Waals surface area (Å²) in [6, 6.07) is 0.590. The maximum atomic E-state index is 5.48. The van der Waals surface area contributed by atoms with Gasteiger partial charge in [-0.15, -0.1) is 0 Å². The number of likely N-dealkylation sites (tertiary alicyclic amines) is 1. The molecule has 0 amide bonds. The van der Waals surface area contributed by atoms with Crippen molar-refractivity contribution in [2.75, 3.05) is 39.4 Å². The smallest absolute Gasteiger partial charge is 0.0620 e. The minimum atomic E-state index is 0.590. The highest BCUT2D eigenvalue weighted by Crippen LogP contribution is 2.23. The van der Waals surface area contributed by atoms with E-state index in [4.69, 9.17) is 4.74 Å². The lowest BCUT2D eigenvalue weighted by Gasteiger charge is -2.26. The van der Waals surface area contributed by atoms with Gasteiger partial charge in [-0.1, -0.05) is 13.8 Å². The molecular weight excluding hydrogens is 200 g/mol. The number of rotatable bonds is 4. The van der Waals surface area contributed by atoms with E-state index >= 15 is 0 Å². The van der Waals surface area contributed by atoms with E-state index in [1.165, 1.54) is 32.5 Å². The van der Waals surface area contributed by atoms with Crippen molar-refractivity contribution in [1.29, 1.82) is 0 Å². The van der Waals surface area contributed by atoms with Gasteiger partial charge in [-0.05, 0) is 37.8 Å². The Morgan fingerprint density at radius 3 is 2.94 bits per heavy atom. The monoisotopic (exact) mass is 226 g/mol. The van der Waals surface area contributed by atoms with Crippen LogP contribution >= 0.6 is 0 Å². The van der Waals surface area contributed by atoms with Crippen molar-refractivity contribution in [2.24, 2.45) is 11.8 Å². The first kappa shape index (κ1) is 12.3. The summed E-state index contributed by atoms with van der Waals surface area (Å²) in [6.07, 6.45) is 2.64. The lowest BCUT2D eigenvalue weighted by Crippen LogP contribution is -2.43. The van der Waals surface area contributed by atoms with Crippen LogP contribution in [0.2, 0.25) is 0 Å². The molecule has 2 unspecified atom stereocenters. The van der Waals surface area contributed by atoms with Gasteiger partial charge >= 0.3 is 0 Å². The van der Waals surface area contributed by atoms with Crippen molar-refractivity contribution in [3.8, 4) is 0 Å². The fraction of sp³-hybridized carbons (Fsp3) is 1.00. The molecule has 0 bridgehead atoms. The van der Waals surface area contributed by atoms with Crippen LogP contribution in [-0.2, 0) is 4.74 Å². The maximum absolute atomic E-state index is 5.48. The van der Waals surface area contributed by atoms with Crippen molar-refractivity contribution in [3.63, 3.8) is 0 Å². The number of ether oxygens (including phenoxy) is 1. The topological polar surface area (TPSA) is 24.5 Å². The summed E-state index contributed by atoms with van der Waals surface area (Å²) in [7, 11) is 0. The Morgan fingerprint density at radius 1 is 1.44 bits per heavy atom. The molecule has 2 aliphatic heterocycles. The second-order valence-electron chi connectivity index (χ2n) is 5.61. The number of hydrogen-bond donors (Lipinski definition) is 1. The van der Waals surface area contributed by atoms with E-state index in [2.05, 4.69) is 24.1 Å².